The number of carbonyl (C=O) groups excluding carboxylic acids is 2. The largest absolute Gasteiger partial charge is 0.493 e. The van der Waals surface area contributed by atoms with Crippen molar-refractivity contribution in [1.29, 1.82) is 0 Å². The normalized spacial score (nSPS) is 10.2. The number of carbonyl (C=O) groups is 2. The highest BCUT2D eigenvalue weighted by Gasteiger charge is 2.17. The Bertz CT molecular complexity index is 1040. The second kappa shape index (κ2) is 9.51. The molecule has 8 heteroatoms. The number of nitrogens with one attached hydrogen (secondary N) is 3. The summed E-state index contributed by atoms with van der Waals surface area (Å²) in [5.74, 6) is 0.134. The van der Waals surface area contributed by atoms with E-state index in [1.165, 1.54) is 33.5 Å². The Labute approximate surface area is 174 Å². The fourth-order valence-electron chi connectivity index (χ4n) is 2.94. The first-order valence-corrected chi connectivity index (χ1v) is 9.17. The Balaban J connectivity index is 1.58. The third-order valence-electron chi connectivity index (χ3n) is 4.44. The van der Waals surface area contributed by atoms with Crippen molar-refractivity contribution >= 4 is 28.3 Å². The maximum Gasteiger partial charge on any atom is 0.269 e. The Kier molecular flexibility index (Phi) is 6.59. The van der Waals surface area contributed by atoms with Gasteiger partial charge in [0.25, 0.3) is 11.8 Å². The number of hydrogen-bond acceptors (Lipinski definition) is 6. The van der Waals surface area contributed by atoms with Crippen LogP contribution in [0.4, 0.5) is 5.69 Å². The van der Waals surface area contributed by atoms with Crippen molar-refractivity contribution in [2.24, 2.45) is 0 Å². The predicted octanol–water partition coefficient (Wildman–Crippen LogP) is 2.74. The molecule has 0 aliphatic heterocycles. The highest BCUT2D eigenvalue weighted by atomic mass is 16.5. The molecule has 0 aliphatic carbocycles. The van der Waals surface area contributed by atoms with E-state index in [0.717, 1.165) is 16.5 Å². The van der Waals surface area contributed by atoms with Crippen LogP contribution in [0.2, 0.25) is 0 Å². The van der Waals surface area contributed by atoms with E-state index in [1.807, 2.05) is 42.5 Å². The van der Waals surface area contributed by atoms with Crippen LogP contribution >= 0.6 is 0 Å². The van der Waals surface area contributed by atoms with Crippen LogP contribution in [0.3, 0.4) is 0 Å². The van der Waals surface area contributed by atoms with Gasteiger partial charge in [-0.3, -0.25) is 20.4 Å². The van der Waals surface area contributed by atoms with E-state index in [1.54, 1.807) is 0 Å². The van der Waals surface area contributed by atoms with E-state index in [2.05, 4.69) is 16.2 Å². The molecule has 3 rings (SSSR count). The number of methoxy groups -OCH3 is 3. The number of fused-ring (bicyclic) bond motifs is 1. The fraction of sp³-hybridized carbons (Fsp3) is 0.182. The molecule has 156 valence electrons. The molecule has 0 atom stereocenters. The molecular formula is C22H23N3O5. The molecule has 0 aromatic heterocycles. The maximum absolute atomic E-state index is 12.4. The van der Waals surface area contributed by atoms with Crippen molar-refractivity contribution in [3.63, 3.8) is 0 Å². The molecule has 0 radical (unpaired) electrons. The fourth-order valence-corrected chi connectivity index (χ4v) is 2.94. The number of rotatable bonds is 7. The zero-order valence-electron chi connectivity index (χ0n) is 16.9. The van der Waals surface area contributed by atoms with Gasteiger partial charge < -0.3 is 19.5 Å². The lowest BCUT2D eigenvalue weighted by Crippen LogP contribution is -2.44. The second-order valence-electron chi connectivity index (χ2n) is 6.33. The van der Waals surface area contributed by atoms with E-state index >= 15 is 0 Å². The molecule has 8 nitrogen and oxygen atoms in total. The van der Waals surface area contributed by atoms with Gasteiger partial charge >= 0.3 is 0 Å². The summed E-state index contributed by atoms with van der Waals surface area (Å²) in [5.41, 5.74) is 5.80. The van der Waals surface area contributed by atoms with E-state index in [0.29, 0.717) is 17.2 Å². The Morgan fingerprint density at radius 3 is 2.10 bits per heavy atom. The van der Waals surface area contributed by atoms with Gasteiger partial charge in [-0.15, -0.1) is 0 Å². The number of anilines is 1. The summed E-state index contributed by atoms with van der Waals surface area (Å²) >= 11 is 0. The quantitative estimate of drug-likeness (QED) is 0.519. The number of ether oxygens (including phenoxy) is 3. The first kappa shape index (κ1) is 20.8. The van der Waals surface area contributed by atoms with Crippen molar-refractivity contribution in [3.05, 3.63) is 60.2 Å². The van der Waals surface area contributed by atoms with Crippen LogP contribution in [0.25, 0.3) is 10.8 Å². The average molecular weight is 409 g/mol. The molecule has 0 spiro atoms. The number of benzene rings is 3. The molecular weight excluding hydrogens is 386 g/mol. The van der Waals surface area contributed by atoms with Gasteiger partial charge in [-0.1, -0.05) is 30.3 Å². The van der Waals surface area contributed by atoms with Crippen LogP contribution < -0.4 is 30.4 Å². The molecule has 0 fully saturated rings. The standard InChI is InChI=1S/C22H23N3O5/c1-28-18-11-16(12-19(29-2)21(18)30-3)22(27)25-24-20(26)13-23-17-9-8-14-6-4-5-7-15(14)10-17/h4-12,23H,13H2,1-3H3,(H,24,26)(H,25,27). The Morgan fingerprint density at radius 1 is 0.800 bits per heavy atom. The molecule has 3 N–H and O–H groups in total. The molecule has 3 aromatic rings. The molecule has 0 heterocycles. The van der Waals surface area contributed by atoms with Crippen LogP contribution in [0.1, 0.15) is 10.4 Å². The van der Waals surface area contributed by atoms with Crippen LogP contribution in [-0.4, -0.2) is 39.7 Å². The molecule has 0 bridgehead atoms. The van der Waals surface area contributed by atoms with E-state index in [9.17, 15) is 9.59 Å². The maximum atomic E-state index is 12.4. The summed E-state index contributed by atoms with van der Waals surface area (Å²) < 4.78 is 15.7. The van der Waals surface area contributed by atoms with Crippen LogP contribution in [0.5, 0.6) is 17.2 Å². The average Bonchev–Trinajstić information content (AvgIpc) is 2.79. The lowest BCUT2D eigenvalue weighted by Gasteiger charge is -2.14. The minimum absolute atomic E-state index is 0.00608. The number of hydrazine groups is 1. The molecule has 30 heavy (non-hydrogen) atoms. The molecule has 3 aromatic carbocycles. The highest BCUT2D eigenvalue weighted by Crippen LogP contribution is 2.38. The highest BCUT2D eigenvalue weighted by molar-refractivity contribution is 5.97. The van der Waals surface area contributed by atoms with Gasteiger partial charge in [0.15, 0.2) is 11.5 Å². The predicted molar refractivity (Wildman–Crippen MR) is 114 cm³/mol. The van der Waals surface area contributed by atoms with Gasteiger partial charge in [-0.05, 0) is 35.0 Å². The van der Waals surface area contributed by atoms with E-state index < -0.39 is 11.8 Å². The van der Waals surface area contributed by atoms with Gasteiger partial charge in [0.05, 0.1) is 27.9 Å². The number of hydrogen-bond donors (Lipinski definition) is 3. The van der Waals surface area contributed by atoms with E-state index in [-0.39, 0.29) is 12.1 Å². The Hall–Kier alpha value is -3.94. The zero-order valence-corrected chi connectivity index (χ0v) is 16.9. The van der Waals surface area contributed by atoms with Gasteiger partial charge in [0, 0.05) is 11.3 Å². The minimum atomic E-state index is -0.520. The summed E-state index contributed by atoms with van der Waals surface area (Å²) in [5, 5.41) is 5.22. The van der Waals surface area contributed by atoms with Crippen LogP contribution in [-0.2, 0) is 4.79 Å². The summed E-state index contributed by atoms with van der Waals surface area (Å²) in [4.78, 5) is 24.5. The van der Waals surface area contributed by atoms with Crippen molar-refractivity contribution in [3.8, 4) is 17.2 Å². The van der Waals surface area contributed by atoms with Crippen molar-refractivity contribution in [1.82, 2.24) is 10.9 Å². The van der Waals surface area contributed by atoms with Crippen LogP contribution in [0.15, 0.2) is 54.6 Å². The third kappa shape index (κ3) is 4.72. The SMILES string of the molecule is COc1cc(C(=O)NNC(=O)CNc2ccc3ccccc3c2)cc(OC)c1OC. The van der Waals surface area contributed by atoms with Crippen LogP contribution in [0, 0.1) is 0 Å². The first-order valence-electron chi connectivity index (χ1n) is 9.17. The first-order chi connectivity index (χ1) is 14.5. The second-order valence-corrected chi connectivity index (χ2v) is 6.33. The summed E-state index contributed by atoms with van der Waals surface area (Å²) in [6.07, 6.45) is 0. The van der Waals surface area contributed by atoms with E-state index in [4.69, 9.17) is 14.2 Å². The monoisotopic (exact) mass is 409 g/mol. The molecule has 2 amide bonds. The lowest BCUT2D eigenvalue weighted by atomic mass is 10.1. The number of amides is 2. The van der Waals surface area contributed by atoms with Gasteiger partial charge in [0.1, 0.15) is 0 Å². The Morgan fingerprint density at radius 2 is 1.47 bits per heavy atom. The molecule has 0 unspecified atom stereocenters. The molecule has 0 saturated heterocycles. The van der Waals surface area contributed by atoms with Gasteiger partial charge in [-0.2, -0.15) is 0 Å². The van der Waals surface area contributed by atoms with Crippen molar-refractivity contribution in [2.45, 2.75) is 0 Å². The smallest absolute Gasteiger partial charge is 0.269 e. The van der Waals surface area contributed by atoms with Gasteiger partial charge in [-0.25, -0.2) is 0 Å². The topological polar surface area (TPSA) is 97.9 Å². The third-order valence-corrected chi connectivity index (χ3v) is 4.44. The molecule has 0 saturated carbocycles. The van der Waals surface area contributed by atoms with Gasteiger partial charge in [0.2, 0.25) is 5.75 Å². The summed E-state index contributed by atoms with van der Waals surface area (Å²) in [7, 11) is 4.39. The minimum Gasteiger partial charge on any atom is -0.493 e. The van der Waals surface area contributed by atoms with Crippen molar-refractivity contribution in [2.75, 3.05) is 33.2 Å². The zero-order chi connectivity index (χ0) is 21.5. The summed E-state index contributed by atoms with van der Waals surface area (Å²) in [6.45, 7) is -0.00608. The molecule has 0 aliphatic rings. The lowest BCUT2D eigenvalue weighted by molar-refractivity contribution is -0.120. The van der Waals surface area contributed by atoms with Crippen molar-refractivity contribution < 1.29 is 23.8 Å². The summed E-state index contributed by atoms with van der Waals surface area (Å²) in [6, 6.07) is 16.8.